The summed E-state index contributed by atoms with van der Waals surface area (Å²) in [6, 6.07) is 17.2. The normalized spacial score (nSPS) is 28.0. The van der Waals surface area contributed by atoms with Crippen molar-refractivity contribution in [3.63, 3.8) is 0 Å². The maximum Gasteiger partial charge on any atom is 0.310 e. The van der Waals surface area contributed by atoms with Gasteiger partial charge in [-0.15, -0.1) is 0 Å². The number of carbonyl (C=O) groups excluding carboxylic acids is 2. The van der Waals surface area contributed by atoms with Gasteiger partial charge in [0, 0.05) is 52.5 Å². The number of aliphatic carboxylic acids is 1. The third-order valence-corrected chi connectivity index (χ3v) is 11.9. The molecule has 7 rings (SSSR count). The number of carboxylic acid groups (broad SMARTS) is 1. The summed E-state index contributed by atoms with van der Waals surface area (Å²) in [4.78, 5) is 48.8. The van der Waals surface area contributed by atoms with E-state index in [1.54, 1.807) is 42.3 Å². The van der Waals surface area contributed by atoms with Gasteiger partial charge in [-0.25, -0.2) is 0 Å². The van der Waals surface area contributed by atoms with Crippen LogP contribution in [0.15, 0.2) is 60.7 Å². The first kappa shape index (κ1) is 34.6. The minimum Gasteiger partial charge on any atom is -0.481 e. The van der Waals surface area contributed by atoms with Crippen LogP contribution in [0.4, 0.5) is 11.4 Å². The molecule has 49 heavy (non-hydrogen) atoms. The Balaban J connectivity index is 1.39. The minimum atomic E-state index is -1.77. The average molecular weight is 746 g/mol. The van der Waals surface area contributed by atoms with E-state index in [1.165, 1.54) is 4.90 Å². The van der Waals surface area contributed by atoms with Gasteiger partial charge in [0.05, 0.1) is 28.8 Å². The van der Waals surface area contributed by atoms with Gasteiger partial charge < -0.3 is 19.6 Å². The number of fused-ring (bicyclic) bond motifs is 4. The molecule has 3 heterocycles. The van der Waals surface area contributed by atoms with E-state index < -0.39 is 46.8 Å². The molecule has 0 aromatic heterocycles. The number of ether oxygens (including phenoxy) is 1. The van der Waals surface area contributed by atoms with E-state index in [2.05, 4.69) is 0 Å². The molecule has 258 valence electrons. The Morgan fingerprint density at radius 2 is 1.63 bits per heavy atom. The average Bonchev–Trinajstić information content (AvgIpc) is 3.79. The first-order valence-corrected chi connectivity index (χ1v) is 18.1. The molecular formula is C37H37Cl4N3O5. The van der Waals surface area contributed by atoms with Crippen LogP contribution in [0, 0.1) is 17.8 Å². The van der Waals surface area contributed by atoms with Gasteiger partial charge in [-0.05, 0) is 68.0 Å². The zero-order chi connectivity index (χ0) is 34.8. The molecule has 8 nitrogen and oxygen atoms in total. The Kier molecular flexibility index (Phi) is 9.21. The molecular weight excluding hydrogens is 708 g/mol. The molecule has 1 saturated carbocycles. The number of halogens is 4. The minimum absolute atomic E-state index is 0.201. The van der Waals surface area contributed by atoms with Crippen LogP contribution in [-0.2, 0) is 31.3 Å². The van der Waals surface area contributed by atoms with Crippen LogP contribution >= 0.6 is 46.4 Å². The number of carbonyl (C=O) groups is 3. The predicted molar refractivity (Wildman–Crippen MR) is 192 cm³/mol. The number of benzene rings is 3. The first-order valence-electron chi connectivity index (χ1n) is 16.6. The molecule has 4 aliphatic rings. The summed E-state index contributed by atoms with van der Waals surface area (Å²) in [6.45, 7) is 2.85. The zero-order valence-electron chi connectivity index (χ0n) is 27.2. The van der Waals surface area contributed by atoms with Gasteiger partial charge in [-0.3, -0.25) is 19.3 Å². The lowest BCUT2D eigenvalue weighted by molar-refractivity contribution is -0.154. The van der Waals surface area contributed by atoms with Gasteiger partial charge in [0.25, 0.3) is 5.91 Å². The molecule has 1 N–H and O–H groups in total. The van der Waals surface area contributed by atoms with E-state index in [4.69, 9.17) is 51.1 Å². The molecule has 3 aliphatic heterocycles. The van der Waals surface area contributed by atoms with Gasteiger partial charge in [0.2, 0.25) is 5.91 Å². The first-order chi connectivity index (χ1) is 23.3. The fraction of sp³-hybridized carbons (Fsp3) is 0.432. The maximum atomic E-state index is 15.3. The summed E-state index contributed by atoms with van der Waals surface area (Å²) >= 11 is 26.2. The molecule has 5 atom stereocenters. The molecule has 2 saturated heterocycles. The SMILES string of the molecule is CN1C(=O)[C@]2(c3cc(Cl)cc(Cl)c31)[C@@H](C(=O)O)[C@@H](C(=O)N(CC1CCCC1)c1cc(Cl)cc(Cl)c1)[C@H]1C[C@](C)(OCc3ccccc3)CN12. The Bertz CT molecular complexity index is 1800. The number of anilines is 2. The zero-order valence-corrected chi connectivity index (χ0v) is 30.2. The number of carboxylic acids is 1. The van der Waals surface area contributed by atoms with E-state index in [9.17, 15) is 14.7 Å². The van der Waals surface area contributed by atoms with E-state index >= 15 is 4.79 Å². The smallest absolute Gasteiger partial charge is 0.310 e. The van der Waals surface area contributed by atoms with Crippen molar-refractivity contribution in [3.05, 3.63) is 91.9 Å². The van der Waals surface area contributed by atoms with Gasteiger partial charge in [-0.2, -0.15) is 0 Å². The molecule has 3 aromatic carbocycles. The van der Waals surface area contributed by atoms with Crippen molar-refractivity contribution in [3.8, 4) is 0 Å². The number of likely N-dealkylation sites (N-methyl/N-ethyl adjacent to an activating group) is 1. The summed E-state index contributed by atoms with van der Waals surface area (Å²) < 4.78 is 6.60. The van der Waals surface area contributed by atoms with E-state index in [-0.39, 0.29) is 22.5 Å². The Morgan fingerprint density at radius 3 is 2.29 bits per heavy atom. The second-order valence-electron chi connectivity index (χ2n) is 14.1. The van der Waals surface area contributed by atoms with Gasteiger partial charge >= 0.3 is 5.97 Å². The highest BCUT2D eigenvalue weighted by Crippen LogP contribution is 2.62. The van der Waals surface area contributed by atoms with Crippen LogP contribution in [0.3, 0.4) is 0 Å². The van der Waals surface area contributed by atoms with Crippen LogP contribution in [-0.4, -0.2) is 59.6 Å². The lowest BCUT2D eigenvalue weighted by Crippen LogP contribution is -2.56. The summed E-state index contributed by atoms with van der Waals surface area (Å²) in [6.07, 6.45) is 4.32. The number of amides is 2. The Labute approximate surface area is 305 Å². The largest absolute Gasteiger partial charge is 0.481 e. The number of rotatable bonds is 8. The molecule has 0 bridgehead atoms. The number of nitrogens with zero attached hydrogens (tertiary/aromatic N) is 3. The van der Waals surface area contributed by atoms with Crippen molar-refractivity contribution in [1.82, 2.24) is 4.90 Å². The maximum absolute atomic E-state index is 15.3. The molecule has 3 aromatic rings. The van der Waals surface area contributed by atoms with Crippen molar-refractivity contribution < 1.29 is 24.2 Å². The van der Waals surface area contributed by atoms with E-state index in [0.717, 1.165) is 31.2 Å². The summed E-state index contributed by atoms with van der Waals surface area (Å²) in [5.41, 5.74) is -0.358. The highest BCUT2D eigenvalue weighted by atomic mass is 35.5. The monoisotopic (exact) mass is 743 g/mol. The van der Waals surface area contributed by atoms with Crippen molar-refractivity contribution in [2.75, 3.05) is 29.9 Å². The summed E-state index contributed by atoms with van der Waals surface area (Å²) in [7, 11) is 1.58. The van der Waals surface area contributed by atoms with Crippen molar-refractivity contribution in [2.45, 2.75) is 62.8 Å². The lowest BCUT2D eigenvalue weighted by Gasteiger charge is -2.38. The lowest BCUT2D eigenvalue weighted by atomic mass is 9.72. The van der Waals surface area contributed by atoms with Crippen LogP contribution in [0.1, 0.15) is 50.2 Å². The third kappa shape index (κ3) is 5.82. The summed E-state index contributed by atoms with van der Waals surface area (Å²) in [5, 5.41) is 12.4. The molecule has 2 amide bonds. The molecule has 3 fully saturated rings. The highest BCUT2D eigenvalue weighted by molar-refractivity contribution is 6.38. The van der Waals surface area contributed by atoms with Gasteiger partial charge in [-0.1, -0.05) is 89.6 Å². The van der Waals surface area contributed by atoms with E-state index in [1.807, 2.05) is 42.2 Å². The van der Waals surface area contributed by atoms with Crippen LogP contribution < -0.4 is 9.80 Å². The molecule has 1 spiro atoms. The quantitative estimate of drug-likeness (QED) is 0.251. The van der Waals surface area contributed by atoms with Crippen molar-refractivity contribution >= 4 is 75.6 Å². The molecule has 1 aliphatic carbocycles. The van der Waals surface area contributed by atoms with Crippen LogP contribution in [0.2, 0.25) is 20.1 Å². The second kappa shape index (κ2) is 13.0. The predicted octanol–water partition coefficient (Wildman–Crippen LogP) is 8.08. The third-order valence-electron chi connectivity index (χ3n) is 10.9. The van der Waals surface area contributed by atoms with Crippen molar-refractivity contribution in [2.24, 2.45) is 17.8 Å². The van der Waals surface area contributed by atoms with Gasteiger partial charge in [0.15, 0.2) is 0 Å². The number of hydrogen-bond acceptors (Lipinski definition) is 5. The van der Waals surface area contributed by atoms with E-state index in [0.29, 0.717) is 46.6 Å². The van der Waals surface area contributed by atoms with Gasteiger partial charge in [0.1, 0.15) is 11.5 Å². The molecule has 12 heteroatoms. The molecule has 0 unspecified atom stereocenters. The van der Waals surface area contributed by atoms with Crippen LogP contribution in [0.25, 0.3) is 0 Å². The fourth-order valence-electron chi connectivity index (χ4n) is 8.94. The Hall–Kier alpha value is -2.85. The highest BCUT2D eigenvalue weighted by Gasteiger charge is 2.74. The molecule has 0 radical (unpaired) electrons. The van der Waals surface area contributed by atoms with Crippen LogP contribution in [0.5, 0.6) is 0 Å². The topological polar surface area (TPSA) is 90.4 Å². The standard InChI is InChI=1S/C37H37Cl4N3O5/c1-36(49-19-22-10-4-3-5-11-22)17-29-30(33(45)43(18-21-8-6-7-9-21)26-13-23(38)12-24(39)14-26)31(34(46)47)37(44(29)20-36)27-15-25(40)16-28(41)32(27)42(2)35(37)48/h3-5,10-16,21,29-31H,6-9,17-20H2,1-2H3,(H,46,47)/t29-,30+,31-,36+,37+/m1/s1. The summed E-state index contributed by atoms with van der Waals surface area (Å²) in [5.74, 6) is -4.50. The second-order valence-corrected chi connectivity index (χ2v) is 15.8. The number of hydrogen-bond donors (Lipinski definition) is 1. The Morgan fingerprint density at radius 1 is 0.980 bits per heavy atom. The van der Waals surface area contributed by atoms with Crippen molar-refractivity contribution in [1.29, 1.82) is 0 Å². The fourth-order valence-corrected chi connectivity index (χ4v) is 10.1.